The van der Waals surface area contributed by atoms with Crippen molar-refractivity contribution in [3.8, 4) is 0 Å². The van der Waals surface area contributed by atoms with Gasteiger partial charge in [0, 0.05) is 17.1 Å². The molecule has 0 aliphatic heterocycles. The fourth-order valence-electron chi connectivity index (χ4n) is 1.38. The molecule has 1 unspecified atom stereocenters. The number of hydrogen-bond acceptors (Lipinski definition) is 4. The maximum atomic E-state index is 11.8. The molecule has 6 heteroatoms. The van der Waals surface area contributed by atoms with Crippen LogP contribution < -0.4 is 11.1 Å². The van der Waals surface area contributed by atoms with Crippen LogP contribution in [0.1, 0.15) is 17.3 Å². The van der Waals surface area contributed by atoms with Crippen molar-refractivity contribution >= 4 is 35.1 Å². The average Bonchev–Trinajstić information content (AvgIpc) is 2.45. The molecule has 0 aliphatic rings. The third-order valence-corrected chi connectivity index (χ3v) is 3.87. The van der Waals surface area contributed by atoms with Crippen molar-refractivity contribution in [1.82, 2.24) is 5.32 Å². The number of nitrogens with two attached hydrogens (primary N) is 1. The zero-order valence-electron chi connectivity index (χ0n) is 11.4. The molecule has 20 heavy (non-hydrogen) atoms. The molecule has 0 fully saturated rings. The Morgan fingerprint density at radius 2 is 1.95 bits per heavy atom. The van der Waals surface area contributed by atoms with E-state index in [0.717, 1.165) is 0 Å². The third kappa shape index (κ3) is 6.41. The first-order valence-corrected chi connectivity index (χ1v) is 7.89. The minimum Gasteiger partial charge on any atom is -0.355 e. The maximum Gasteiger partial charge on any atom is 0.230 e. The number of nitrogens with one attached hydrogen (secondary N) is 1. The number of carbonyl (C=O) groups is 2. The van der Waals surface area contributed by atoms with Crippen LogP contribution in [-0.2, 0) is 4.79 Å². The van der Waals surface area contributed by atoms with Crippen LogP contribution in [0, 0.1) is 5.92 Å². The van der Waals surface area contributed by atoms with Crippen LogP contribution in [-0.4, -0.2) is 36.3 Å². The van der Waals surface area contributed by atoms with Gasteiger partial charge in [-0.1, -0.05) is 18.5 Å². The standard InChI is InChI=1S/C14H19ClN2O2S/c1-10(6-16)7-17-14(19)9-20-8-13(18)11-2-4-12(15)5-3-11/h2-5,10H,6-9,16H2,1H3,(H,17,19). The van der Waals surface area contributed by atoms with Crippen LogP contribution in [0.15, 0.2) is 24.3 Å². The average molecular weight is 315 g/mol. The van der Waals surface area contributed by atoms with Crippen molar-refractivity contribution in [2.24, 2.45) is 11.7 Å². The summed E-state index contributed by atoms with van der Waals surface area (Å²) >= 11 is 7.06. The second-order valence-electron chi connectivity index (χ2n) is 4.57. The molecule has 4 nitrogen and oxygen atoms in total. The molecule has 0 bridgehead atoms. The van der Waals surface area contributed by atoms with Crippen LogP contribution in [0.5, 0.6) is 0 Å². The van der Waals surface area contributed by atoms with Gasteiger partial charge in [-0.25, -0.2) is 0 Å². The van der Waals surface area contributed by atoms with Gasteiger partial charge in [0.25, 0.3) is 0 Å². The Bertz CT molecular complexity index is 451. The highest BCUT2D eigenvalue weighted by Gasteiger charge is 2.08. The monoisotopic (exact) mass is 314 g/mol. The number of amides is 1. The molecule has 1 atom stereocenters. The van der Waals surface area contributed by atoms with Crippen molar-refractivity contribution < 1.29 is 9.59 Å². The van der Waals surface area contributed by atoms with Gasteiger partial charge in [-0.2, -0.15) is 0 Å². The van der Waals surface area contributed by atoms with Crippen LogP contribution in [0.2, 0.25) is 5.02 Å². The lowest BCUT2D eigenvalue weighted by Crippen LogP contribution is -2.32. The SMILES string of the molecule is CC(CN)CNC(=O)CSCC(=O)c1ccc(Cl)cc1. The highest BCUT2D eigenvalue weighted by atomic mass is 35.5. The Morgan fingerprint density at radius 1 is 1.30 bits per heavy atom. The summed E-state index contributed by atoms with van der Waals surface area (Å²) in [5.41, 5.74) is 6.07. The molecule has 1 rings (SSSR count). The molecule has 1 aromatic rings. The van der Waals surface area contributed by atoms with E-state index in [4.69, 9.17) is 17.3 Å². The number of rotatable bonds is 8. The van der Waals surface area contributed by atoms with Gasteiger partial charge in [0.2, 0.25) is 5.91 Å². The van der Waals surface area contributed by atoms with Crippen molar-refractivity contribution in [3.63, 3.8) is 0 Å². The summed E-state index contributed by atoms with van der Waals surface area (Å²) in [6.45, 7) is 3.08. The van der Waals surface area contributed by atoms with Gasteiger partial charge < -0.3 is 11.1 Å². The summed E-state index contributed by atoms with van der Waals surface area (Å²) in [6.07, 6.45) is 0. The largest absolute Gasteiger partial charge is 0.355 e. The minimum absolute atomic E-state index is 0.00482. The Kier molecular flexibility index (Phi) is 7.65. The number of halogens is 1. The number of ketones is 1. The molecule has 0 saturated heterocycles. The Morgan fingerprint density at radius 3 is 2.55 bits per heavy atom. The summed E-state index contributed by atoms with van der Waals surface area (Å²) in [5.74, 6) is 0.742. The summed E-state index contributed by atoms with van der Waals surface area (Å²) in [7, 11) is 0. The van der Waals surface area contributed by atoms with Gasteiger partial charge in [-0.15, -0.1) is 11.8 Å². The van der Waals surface area contributed by atoms with Crippen LogP contribution in [0.3, 0.4) is 0 Å². The maximum absolute atomic E-state index is 11.8. The first-order valence-electron chi connectivity index (χ1n) is 6.36. The molecular weight excluding hydrogens is 296 g/mol. The van der Waals surface area contributed by atoms with Crippen LogP contribution in [0.4, 0.5) is 0 Å². The van der Waals surface area contributed by atoms with E-state index in [1.165, 1.54) is 11.8 Å². The molecule has 0 radical (unpaired) electrons. The predicted octanol–water partition coefficient (Wildman–Crippen LogP) is 1.97. The highest BCUT2D eigenvalue weighted by molar-refractivity contribution is 8.00. The van der Waals surface area contributed by atoms with Crippen LogP contribution >= 0.6 is 23.4 Å². The van der Waals surface area contributed by atoms with Gasteiger partial charge in [0.05, 0.1) is 11.5 Å². The van der Waals surface area contributed by atoms with E-state index in [1.807, 2.05) is 6.92 Å². The Hall–Kier alpha value is -1.04. The van der Waals surface area contributed by atoms with Crippen molar-refractivity contribution in [3.05, 3.63) is 34.9 Å². The number of benzene rings is 1. The Labute approximate surface area is 128 Å². The molecular formula is C14H19ClN2O2S. The second-order valence-corrected chi connectivity index (χ2v) is 5.99. The van der Waals surface area contributed by atoms with E-state index in [1.54, 1.807) is 24.3 Å². The van der Waals surface area contributed by atoms with E-state index in [9.17, 15) is 9.59 Å². The van der Waals surface area contributed by atoms with Crippen molar-refractivity contribution in [2.45, 2.75) is 6.92 Å². The lowest BCUT2D eigenvalue weighted by Gasteiger charge is -2.09. The van der Waals surface area contributed by atoms with E-state index >= 15 is 0 Å². The van der Waals surface area contributed by atoms with Gasteiger partial charge >= 0.3 is 0 Å². The second kappa shape index (κ2) is 9.00. The molecule has 110 valence electrons. The van der Waals surface area contributed by atoms with Gasteiger partial charge in [0.1, 0.15) is 0 Å². The van der Waals surface area contributed by atoms with Gasteiger partial charge in [0.15, 0.2) is 5.78 Å². The van der Waals surface area contributed by atoms with Crippen molar-refractivity contribution in [2.75, 3.05) is 24.6 Å². The Balaban J connectivity index is 2.25. The normalized spacial score (nSPS) is 11.9. The van der Waals surface area contributed by atoms with E-state index in [2.05, 4.69) is 5.32 Å². The van der Waals surface area contributed by atoms with E-state index < -0.39 is 0 Å². The third-order valence-electron chi connectivity index (χ3n) is 2.68. The lowest BCUT2D eigenvalue weighted by molar-refractivity contribution is -0.118. The molecule has 0 aliphatic carbocycles. The van der Waals surface area contributed by atoms with Crippen LogP contribution in [0.25, 0.3) is 0 Å². The minimum atomic E-state index is -0.0702. The number of thioether (sulfide) groups is 1. The zero-order chi connectivity index (χ0) is 15.0. The van der Waals surface area contributed by atoms with Crippen molar-refractivity contribution in [1.29, 1.82) is 0 Å². The molecule has 0 aromatic heterocycles. The summed E-state index contributed by atoms with van der Waals surface area (Å²) in [4.78, 5) is 23.4. The molecule has 1 amide bonds. The number of hydrogen-bond donors (Lipinski definition) is 2. The predicted molar refractivity (Wildman–Crippen MR) is 84.3 cm³/mol. The summed E-state index contributed by atoms with van der Waals surface area (Å²) < 4.78 is 0. The molecule has 0 heterocycles. The molecule has 0 saturated carbocycles. The fraction of sp³-hybridized carbons (Fsp3) is 0.429. The molecule has 1 aromatic carbocycles. The smallest absolute Gasteiger partial charge is 0.230 e. The first-order chi connectivity index (χ1) is 9.52. The summed E-state index contributed by atoms with van der Waals surface area (Å²) in [5, 5.41) is 3.39. The summed E-state index contributed by atoms with van der Waals surface area (Å²) in [6, 6.07) is 6.74. The number of carbonyl (C=O) groups excluding carboxylic acids is 2. The number of Topliss-reactive ketones (excluding diaryl/α,β-unsaturated/α-hetero) is 1. The highest BCUT2D eigenvalue weighted by Crippen LogP contribution is 2.12. The van der Waals surface area contributed by atoms with E-state index in [-0.39, 0.29) is 29.1 Å². The zero-order valence-corrected chi connectivity index (χ0v) is 13.0. The van der Waals surface area contributed by atoms with Gasteiger partial charge in [-0.05, 0) is 36.7 Å². The topological polar surface area (TPSA) is 72.2 Å². The van der Waals surface area contributed by atoms with E-state index in [0.29, 0.717) is 23.7 Å². The lowest BCUT2D eigenvalue weighted by atomic mass is 10.1. The van der Waals surface area contributed by atoms with Gasteiger partial charge in [-0.3, -0.25) is 9.59 Å². The quantitative estimate of drug-likeness (QED) is 0.720. The molecule has 3 N–H and O–H groups in total. The molecule has 0 spiro atoms. The first kappa shape index (κ1) is 17.0. The fourth-order valence-corrected chi connectivity index (χ4v) is 2.25.